The van der Waals surface area contributed by atoms with Crippen molar-refractivity contribution in [2.24, 2.45) is 0 Å². The molecule has 1 aliphatic rings. The fourth-order valence-corrected chi connectivity index (χ4v) is 1.76. The zero-order valence-corrected chi connectivity index (χ0v) is 10.8. The number of carbonyl (C=O) groups is 1. The third kappa shape index (κ3) is 3.55. The summed E-state index contributed by atoms with van der Waals surface area (Å²) in [6.45, 7) is 6.90. The fourth-order valence-electron chi connectivity index (χ4n) is 1.76. The molecule has 0 radical (unpaired) electrons. The highest BCUT2D eigenvalue weighted by Crippen LogP contribution is 2.19. The van der Waals surface area contributed by atoms with Crippen molar-refractivity contribution in [2.45, 2.75) is 33.6 Å². The minimum Gasteiger partial charge on any atom is -0.339 e. The maximum absolute atomic E-state index is 13.7. The van der Waals surface area contributed by atoms with Crippen molar-refractivity contribution in [1.29, 1.82) is 0 Å². The zero-order valence-electron chi connectivity index (χ0n) is 10.8. The highest BCUT2D eigenvalue weighted by molar-refractivity contribution is 5.96. The van der Waals surface area contributed by atoms with Gasteiger partial charge in [0, 0.05) is 18.7 Å². The molecule has 0 heterocycles. The molecule has 17 heavy (non-hydrogen) atoms. The number of rotatable bonds is 3. The summed E-state index contributed by atoms with van der Waals surface area (Å²) in [5.41, 5.74) is 1.14. The molecule has 1 rings (SSSR count). The van der Waals surface area contributed by atoms with Crippen LogP contribution in [0.1, 0.15) is 33.6 Å². The molecule has 0 bridgehead atoms. The Bertz CT molecular complexity index is 376. The molecule has 1 amide bonds. The van der Waals surface area contributed by atoms with E-state index in [1.165, 1.54) is 6.08 Å². The predicted octanol–water partition coefficient (Wildman–Crippen LogP) is 3.37. The summed E-state index contributed by atoms with van der Waals surface area (Å²) >= 11 is 0. The van der Waals surface area contributed by atoms with E-state index >= 15 is 0 Å². The molecule has 0 aromatic heterocycles. The maximum atomic E-state index is 13.7. The van der Waals surface area contributed by atoms with Crippen molar-refractivity contribution in [1.82, 2.24) is 4.90 Å². The largest absolute Gasteiger partial charge is 0.339 e. The molecule has 0 fully saturated rings. The smallest absolute Gasteiger partial charge is 0.253 e. The van der Waals surface area contributed by atoms with E-state index in [0.29, 0.717) is 30.7 Å². The van der Waals surface area contributed by atoms with E-state index in [4.69, 9.17) is 0 Å². The minimum atomic E-state index is -0.273. The lowest BCUT2D eigenvalue weighted by Crippen LogP contribution is -2.31. The lowest BCUT2D eigenvalue weighted by molar-refractivity contribution is -0.126. The Balaban J connectivity index is 3.01. The Morgan fingerprint density at radius 3 is 2.65 bits per heavy atom. The Labute approximate surface area is 102 Å². The summed E-state index contributed by atoms with van der Waals surface area (Å²) in [7, 11) is 0. The molecule has 0 unspecified atom stereocenters. The third-order valence-corrected chi connectivity index (χ3v) is 2.97. The molecular formula is C14H20FNO. The molecular weight excluding hydrogens is 217 g/mol. The Hall–Kier alpha value is -1.38. The summed E-state index contributed by atoms with van der Waals surface area (Å²) in [5, 5.41) is 0. The number of nitrogens with zero attached hydrogens (tertiary/aromatic N) is 1. The molecule has 94 valence electrons. The Kier molecular flexibility index (Phi) is 5.13. The fraction of sp³-hybridized carbons (Fsp3) is 0.500. The molecule has 0 saturated heterocycles. The number of allylic oxidation sites excluding steroid dienone is 4. The summed E-state index contributed by atoms with van der Waals surface area (Å²) in [6, 6.07) is 0. The molecule has 1 aliphatic carbocycles. The second kappa shape index (κ2) is 6.38. The molecule has 0 spiro atoms. The molecule has 0 atom stereocenters. The number of hydrogen-bond donors (Lipinski definition) is 0. The monoisotopic (exact) mass is 237 g/mol. The van der Waals surface area contributed by atoms with Gasteiger partial charge in [0.2, 0.25) is 0 Å². The second-order valence-corrected chi connectivity index (χ2v) is 4.15. The summed E-state index contributed by atoms with van der Waals surface area (Å²) in [6.07, 6.45) is 6.51. The van der Waals surface area contributed by atoms with Crippen LogP contribution < -0.4 is 0 Å². The van der Waals surface area contributed by atoms with Gasteiger partial charge in [0.25, 0.3) is 5.91 Å². The van der Waals surface area contributed by atoms with E-state index in [0.717, 1.165) is 6.42 Å². The number of halogens is 1. The van der Waals surface area contributed by atoms with Crippen LogP contribution in [-0.4, -0.2) is 23.9 Å². The topological polar surface area (TPSA) is 20.3 Å². The van der Waals surface area contributed by atoms with Gasteiger partial charge in [-0.25, -0.2) is 4.39 Å². The zero-order chi connectivity index (χ0) is 12.8. The first-order valence-electron chi connectivity index (χ1n) is 6.12. The van der Waals surface area contributed by atoms with Gasteiger partial charge in [0.05, 0.1) is 0 Å². The van der Waals surface area contributed by atoms with Crippen LogP contribution in [0.2, 0.25) is 0 Å². The van der Waals surface area contributed by atoms with Gasteiger partial charge in [-0.15, -0.1) is 0 Å². The summed E-state index contributed by atoms with van der Waals surface area (Å²) in [4.78, 5) is 13.8. The molecule has 0 aromatic carbocycles. The van der Waals surface area contributed by atoms with Crippen molar-refractivity contribution >= 4 is 5.91 Å². The first-order valence-corrected chi connectivity index (χ1v) is 6.12. The van der Waals surface area contributed by atoms with Crippen LogP contribution in [0, 0.1) is 0 Å². The molecule has 0 N–H and O–H groups in total. The lowest BCUT2D eigenvalue weighted by Gasteiger charge is -2.19. The van der Waals surface area contributed by atoms with Gasteiger partial charge in [-0.05, 0) is 45.3 Å². The molecule has 3 heteroatoms. The summed E-state index contributed by atoms with van der Waals surface area (Å²) < 4.78 is 13.7. The Morgan fingerprint density at radius 1 is 1.41 bits per heavy atom. The predicted molar refractivity (Wildman–Crippen MR) is 68.2 cm³/mol. The van der Waals surface area contributed by atoms with Crippen LogP contribution >= 0.6 is 0 Å². The first-order chi connectivity index (χ1) is 8.10. The number of likely N-dealkylation sites (N-methyl/N-ethyl adjacent to an activating group) is 1. The second-order valence-electron chi connectivity index (χ2n) is 4.15. The van der Waals surface area contributed by atoms with Crippen LogP contribution in [0.5, 0.6) is 0 Å². The molecule has 0 aromatic rings. The van der Waals surface area contributed by atoms with E-state index < -0.39 is 0 Å². The van der Waals surface area contributed by atoms with Gasteiger partial charge < -0.3 is 4.90 Å². The lowest BCUT2D eigenvalue weighted by atomic mass is 10.0. The number of carbonyl (C=O) groups excluding carboxylic acids is 1. The van der Waals surface area contributed by atoms with Crippen molar-refractivity contribution in [2.75, 3.05) is 13.1 Å². The van der Waals surface area contributed by atoms with Crippen molar-refractivity contribution < 1.29 is 9.18 Å². The molecule has 2 nitrogen and oxygen atoms in total. The molecule has 0 aliphatic heterocycles. The van der Waals surface area contributed by atoms with Gasteiger partial charge in [-0.3, -0.25) is 4.79 Å². The van der Waals surface area contributed by atoms with Crippen molar-refractivity contribution in [3.8, 4) is 0 Å². The average molecular weight is 237 g/mol. The average Bonchev–Trinajstić information content (AvgIpc) is 2.31. The number of amides is 1. The van der Waals surface area contributed by atoms with Crippen LogP contribution in [0.15, 0.2) is 35.2 Å². The van der Waals surface area contributed by atoms with Gasteiger partial charge in [0.1, 0.15) is 5.83 Å². The van der Waals surface area contributed by atoms with Crippen LogP contribution in [0.25, 0.3) is 0 Å². The SMILES string of the molecule is CCN(CC)C(=O)C1=C/C(F)=C(\C)CC/C=C\1. The van der Waals surface area contributed by atoms with E-state index in [-0.39, 0.29) is 11.7 Å². The van der Waals surface area contributed by atoms with Gasteiger partial charge in [-0.1, -0.05) is 12.2 Å². The maximum Gasteiger partial charge on any atom is 0.253 e. The van der Waals surface area contributed by atoms with E-state index in [1.807, 2.05) is 19.9 Å². The van der Waals surface area contributed by atoms with Crippen LogP contribution in [0.4, 0.5) is 4.39 Å². The van der Waals surface area contributed by atoms with Gasteiger partial charge in [0.15, 0.2) is 0 Å². The number of hydrogen-bond acceptors (Lipinski definition) is 1. The van der Waals surface area contributed by atoms with E-state index in [2.05, 4.69) is 0 Å². The van der Waals surface area contributed by atoms with Gasteiger partial charge in [-0.2, -0.15) is 0 Å². The van der Waals surface area contributed by atoms with E-state index in [1.54, 1.807) is 17.9 Å². The van der Waals surface area contributed by atoms with Crippen LogP contribution in [0.3, 0.4) is 0 Å². The van der Waals surface area contributed by atoms with Crippen molar-refractivity contribution in [3.63, 3.8) is 0 Å². The highest BCUT2D eigenvalue weighted by Gasteiger charge is 2.15. The molecule has 0 saturated carbocycles. The minimum absolute atomic E-state index is 0.101. The standard InChI is InChI=1S/C14H20FNO/c1-4-16(5-2)14(17)12-9-7-6-8-11(3)13(15)10-12/h7,9-10H,4-6,8H2,1-3H3/b9-7-,12-10+,13-11-. The third-order valence-electron chi connectivity index (χ3n) is 2.97. The van der Waals surface area contributed by atoms with Crippen LogP contribution in [-0.2, 0) is 4.79 Å². The van der Waals surface area contributed by atoms with Gasteiger partial charge >= 0.3 is 0 Å². The first kappa shape index (κ1) is 13.7. The quantitative estimate of drug-likeness (QED) is 0.737. The Morgan fingerprint density at radius 2 is 2.06 bits per heavy atom. The highest BCUT2D eigenvalue weighted by atomic mass is 19.1. The van der Waals surface area contributed by atoms with E-state index in [9.17, 15) is 9.18 Å². The normalized spacial score (nSPS) is 25.5. The summed E-state index contributed by atoms with van der Waals surface area (Å²) in [5.74, 6) is -0.374. The van der Waals surface area contributed by atoms with Crippen molar-refractivity contribution in [3.05, 3.63) is 35.2 Å².